The Bertz CT molecular complexity index is 66.6. The highest BCUT2D eigenvalue weighted by atomic mass is 16.5. The summed E-state index contributed by atoms with van der Waals surface area (Å²) >= 11 is 0. The van der Waals surface area contributed by atoms with Gasteiger partial charge >= 0.3 is 0 Å². The van der Waals surface area contributed by atoms with Crippen LogP contribution in [0.2, 0.25) is 0 Å². The molecule has 0 unspecified atom stereocenters. The van der Waals surface area contributed by atoms with E-state index in [0.717, 1.165) is 13.2 Å². The lowest BCUT2D eigenvalue weighted by atomic mass is 10.1. The number of hydrogen-bond acceptors (Lipinski definition) is 2. The van der Waals surface area contributed by atoms with Gasteiger partial charge in [0.05, 0.1) is 0 Å². The second-order valence-corrected chi connectivity index (χ2v) is 2.39. The number of nitrogens with one attached hydrogen (secondary N) is 1. The summed E-state index contributed by atoms with van der Waals surface area (Å²) in [4.78, 5) is 0. The van der Waals surface area contributed by atoms with E-state index < -0.39 is 0 Å². The van der Waals surface area contributed by atoms with Crippen LogP contribution in [0.4, 0.5) is 0 Å². The molecule has 54 valence electrons. The summed E-state index contributed by atoms with van der Waals surface area (Å²) < 4.78 is 5.37. The van der Waals surface area contributed by atoms with Gasteiger partial charge in [0.2, 0.25) is 0 Å². The Hall–Kier alpha value is -0.0800. The van der Waals surface area contributed by atoms with Crippen LogP contribution in [0.25, 0.3) is 0 Å². The molecule has 1 aliphatic rings. The van der Waals surface area contributed by atoms with Crippen LogP contribution in [0.1, 0.15) is 26.2 Å². The lowest BCUT2D eigenvalue weighted by molar-refractivity contribution is 0.0203. The van der Waals surface area contributed by atoms with Crippen LogP contribution < -0.4 is 5.32 Å². The summed E-state index contributed by atoms with van der Waals surface area (Å²) in [5.41, 5.74) is 0. The van der Waals surface area contributed by atoms with Crippen molar-refractivity contribution in [2.45, 2.75) is 32.4 Å². The minimum absolute atomic E-state index is 0.351. The van der Waals surface area contributed by atoms with Crippen LogP contribution >= 0.6 is 0 Å². The van der Waals surface area contributed by atoms with E-state index in [-0.39, 0.29) is 0 Å². The molecule has 1 rings (SSSR count). The van der Waals surface area contributed by atoms with Crippen LogP contribution in [-0.4, -0.2) is 19.4 Å². The van der Waals surface area contributed by atoms with Crippen molar-refractivity contribution in [2.75, 3.05) is 13.2 Å². The van der Waals surface area contributed by atoms with Gasteiger partial charge in [-0.15, -0.1) is 0 Å². The third-order valence-electron chi connectivity index (χ3n) is 1.63. The Morgan fingerprint density at radius 2 is 2.44 bits per heavy atom. The van der Waals surface area contributed by atoms with E-state index in [1.54, 1.807) is 0 Å². The first-order valence-corrected chi connectivity index (χ1v) is 3.78. The molecule has 0 amide bonds. The third-order valence-corrected chi connectivity index (χ3v) is 1.63. The highest BCUT2D eigenvalue weighted by Crippen LogP contribution is 2.06. The van der Waals surface area contributed by atoms with E-state index in [1.807, 2.05) is 6.92 Å². The first-order chi connectivity index (χ1) is 4.43. The fourth-order valence-electron chi connectivity index (χ4n) is 1.16. The standard InChI is InChI=1S/C7H15NO/c1-2-9-7-5-3-4-6-8-7/h7-8H,2-6H2,1H3/t7-/m1/s1. The van der Waals surface area contributed by atoms with Crippen LogP contribution in [0.3, 0.4) is 0 Å². The fourth-order valence-corrected chi connectivity index (χ4v) is 1.16. The number of hydrogen-bond donors (Lipinski definition) is 1. The minimum atomic E-state index is 0.351. The van der Waals surface area contributed by atoms with E-state index >= 15 is 0 Å². The highest BCUT2D eigenvalue weighted by molar-refractivity contribution is 4.62. The van der Waals surface area contributed by atoms with Gasteiger partial charge in [0.1, 0.15) is 6.23 Å². The van der Waals surface area contributed by atoms with Crippen molar-refractivity contribution in [3.05, 3.63) is 0 Å². The van der Waals surface area contributed by atoms with E-state index in [2.05, 4.69) is 5.32 Å². The molecule has 0 radical (unpaired) electrons. The van der Waals surface area contributed by atoms with Gasteiger partial charge in [-0.2, -0.15) is 0 Å². The van der Waals surface area contributed by atoms with E-state index in [9.17, 15) is 0 Å². The topological polar surface area (TPSA) is 21.3 Å². The van der Waals surface area contributed by atoms with E-state index in [1.165, 1.54) is 19.3 Å². The minimum Gasteiger partial charge on any atom is -0.364 e. The Morgan fingerprint density at radius 1 is 1.56 bits per heavy atom. The predicted octanol–water partition coefficient (Wildman–Crippen LogP) is 1.12. The monoisotopic (exact) mass is 129 g/mol. The van der Waals surface area contributed by atoms with Gasteiger partial charge in [-0.1, -0.05) is 0 Å². The van der Waals surface area contributed by atoms with Gasteiger partial charge in [0.25, 0.3) is 0 Å². The molecule has 1 N–H and O–H groups in total. The van der Waals surface area contributed by atoms with Gasteiger partial charge in [0.15, 0.2) is 0 Å². The second-order valence-electron chi connectivity index (χ2n) is 2.39. The molecular weight excluding hydrogens is 114 g/mol. The van der Waals surface area contributed by atoms with Gasteiger partial charge in [-0.05, 0) is 32.7 Å². The quantitative estimate of drug-likeness (QED) is 0.603. The van der Waals surface area contributed by atoms with Crippen molar-refractivity contribution in [3.63, 3.8) is 0 Å². The molecule has 1 saturated heterocycles. The summed E-state index contributed by atoms with van der Waals surface area (Å²) in [7, 11) is 0. The SMILES string of the molecule is CCO[C@@H]1CCCCN1. The van der Waals surface area contributed by atoms with Crippen molar-refractivity contribution in [1.29, 1.82) is 0 Å². The number of piperidine rings is 1. The largest absolute Gasteiger partial charge is 0.364 e. The van der Waals surface area contributed by atoms with Crippen molar-refractivity contribution in [2.24, 2.45) is 0 Å². The predicted molar refractivity (Wildman–Crippen MR) is 37.3 cm³/mol. The van der Waals surface area contributed by atoms with Gasteiger partial charge in [0, 0.05) is 6.61 Å². The molecule has 0 aromatic heterocycles. The molecule has 0 aromatic carbocycles. The second kappa shape index (κ2) is 3.85. The van der Waals surface area contributed by atoms with Crippen molar-refractivity contribution in [1.82, 2.24) is 5.32 Å². The average molecular weight is 129 g/mol. The molecule has 1 fully saturated rings. The van der Waals surface area contributed by atoms with Crippen molar-refractivity contribution < 1.29 is 4.74 Å². The highest BCUT2D eigenvalue weighted by Gasteiger charge is 2.10. The molecule has 1 atom stereocenters. The van der Waals surface area contributed by atoms with E-state index in [0.29, 0.717) is 6.23 Å². The average Bonchev–Trinajstić information content (AvgIpc) is 1.91. The molecule has 0 saturated carbocycles. The van der Waals surface area contributed by atoms with Gasteiger partial charge in [-0.25, -0.2) is 0 Å². The smallest absolute Gasteiger partial charge is 0.108 e. The molecule has 0 bridgehead atoms. The summed E-state index contributed by atoms with van der Waals surface area (Å²) in [5.74, 6) is 0. The molecule has 1 heterocycles. The zero-order valence-electron chi connectivity index (χ0n) is 6.02. The molecule has 2 nitrogen and oxygen atoms in total. The lowest BCUT2D eigenvalue weighted by Crippen LogP contribution is -2.36. The van der Waals surface area contributed by atoms with Crippen LogP contribution in [0.5, 0.6) is 0 Å². The Labute approximate surface area is 56.6 Å². The third kappa shape index (κ3) is 2.33. The fraction of sp³-hybridized carbons (Fsp3) is 1.00. The number of ether oxygens (including phenoxy) is 1. The van der Waals surface area contributed by atoms with Crippen LogP contribution in [0.15, 0.2) is 0 Å². The van der Waals surface area contributed by atoms with Crippen LogP contribution in [-0.2, 0) is 4.74 Å². The van der Waals surface area contributed by atoms with E-state index in [4.69, 9.17) is 4.74 Å². The maximum atomic E-state index is 5.37. The zero-order valence-corrected chi connectivity index (χ0v) is 6.02. The molecule has 0 spiro atoms. The summed E-state index contributed by atoms with van der Waals surface area (Å²) in [6.45, 7) is 4.00. The summed E-state index contributed by atoms with van der Waals surface area (Å²) in [6.07, 6.45) is 4.17. The van der Waals surface area contributed by atoms with Gasteiger partial charge < -0.3 is 4.74 Å². The van der Waals surface area contributed by atoms with Crippen molar-refractivity contribution in [3.8, 4) is 0 Å². The van der Waals surface area contributed by atoms with Gasteiger partial charge in [-0.3, -0.25) is 5.32 Å². The van der Waals surface area contributed by atoms with Crippen LogP contribution in [0, 0.1) is 0 Å². The molecule has 0 aromatic rings. The maximum Gasteiger partial charge on any atom is 0.108 e. The number of rotatable bonds is 2. The molecule has 9 heavy (non-hydrogen) atoms. The van der Waals surface area contributed by atoms with Crippen molar-refractivity contribution >= 4 is 0 Å². The molecule has 1 aliphatic heterocycles. The Balaban J connectivity index is 2.08. The first-order valence-electron chi connectivity index (χ1n) is 3.78. The Morgan fingerprint density at radius 3 is 3.00 bits per heavy atom. The molecule has 2 heteroatoms. The Kier molecular flexibility index (Phi) is 3.01. The first kappa shape index (κ1) is 7.03. The lowest BCUT2D eigenvalue weighted by Gasteiger charge is -2.22. The maximum absolute atomic E-state index is 5.37. The summed E-state index contributed by atoms with van der Waals surface area (Å²) in [6, 6.07) is 0. The normalized spacial score (nSPS) is 28.3. The summed E-state index contributed by atoms with van der Waals surface area (Å²) in [5, 5.41) is 3.30. The molecular formula is C7H15NO. The molecule has 0 aliphatic carbocycles. The zero-order chi connectivity index (χ0) is 6.53.